The van der Waals surface area contributed by atoms with Crippen LogP contribution in [-0.4, -0.2) is 53.0 Å². The van der Waals surface area contributed by atoms with Gasteiger partial charge in [-0.05, 0) is 79.4 Å². The van der Waals surface area contributed by atoms with Crippen LogP contribution in [-0.2, 0) is 13.6 Å². The van der Waals surface area contributed by atoms with Crippen LogP contribution in [0.1, 0.15) is 46.9 Å². The van der Waals surface area contributed by atoms with Crippen LogP contribution in [0.3, 0.4) is 0 Å². The Morgan fingerprint density at radius 2 is 1.95 bits per heavy atom. The van der Waals surface area contributed by atoms with E-state index in [1.807, 2.05) is 52.5 Å². The van der Waals surface area contributed by atoms with Gasteiger partial charge in [-0.15, -0.1) is 0 Å². The fourth-order valence-electron chi connectivity index (χ4n) is 4.94. The van der Waals surface area contributed by atoms with Gasteiger partial charge in [0.1, 0.15) is 17.3 Å². The number of nitrogens with zero attached hydrogens (tertiary/aromatic N) is 4. The van der Waals surface area contributed by atoms with Crippen LogP contribution in [0.5, 0.6) is 0 Å². The van der Waals surface area contributed by atoms with Crippen molar-refractivity contribution in [3.8, 4) is 11.1 Å². The Morgan fingerprint density at radius 3 is 2.59 bits per heavy atom. The Morgan fingerprint density at radius 1 is 1.15 bits per heavy atom. The van der Waals surface area contributed by atoms with Crippen molar-refractivity contribution in [2.24, 2.45) is 7.05 Å². The molecule has 3 heterocycles. The summed E-state index contributed by atoms with van der Waals surface area (Å²) in [5, 5.41) is 7.65. The van der Waals surface area contributed by atoms with Crippen molar-refractivity contribution in [1.29, 1.82) is 0 Å². The van der Waals surface area contributed by atoms with E-state index in [-0.39, 0.29) is 11.7 Å². The summed E-state index contributed by atoms with van der Waals surface area (Å²) in [6.45, 7) is 5.25. The first-order chi connectivity index (χ1) is 18.7. The minimum Gasteiger partial charge on any atom is -0.373 e. The molecule has 2 N–H and O–H groups in total. The molecule has 0 aliphatic carbocycles. The minimum absolute atomic E-state index is 0.204. The minimum atomic E-state index is -0.357. The number of carbonyl (C=O) groups is 1. The molecule has 4 aromatic rings. The molecule has 204 valence electrons. The molecule has 0 bridgehead atoms. The Hall–Kier alpha value is -4.04. The molecular weight excluding hydrogens is 491 g/mol. The summed E-state index contributed by atoms with van der Waals surface area (Å²) in [5.74, 6) is 0.265. The number of pyridine rings is 2. The smallest absolute Gasteiger partial charge is 0.253 e. The van der Waals surface area contributed by atoms with Gasteiger partial charge in [-0.25, -0.2) is 14.4 Å². The van der Waals surface area contributed by atoms with Gasteiger partial charge in [0.05, 0.1) is 0 Å². The molecule has 0 saturated carbocycles. The zero-order chi connectivity index (χ0) is 28.1. The predicted molar refractivity (Wildman–Crippen MR) is 157 cm³/mol. The molecular formula is C31H37FN6O. The molecule has 4 rings (SSSR count). The number of hydrogen-bond acceptors (Lipinski definition) is 5. The molecule has 39 heavy (non-hydrogen) atoms. The highest BCUT2D eigenvalue weighted by molar-refractivity contribution is 5.95. The van der Waals surface area contributed by atoms with Gasteiger partial charge in [0.2, 0.25) is 0 Å². The number of halogens is 1. The number of aryl methyl sites for hydroxylation is 2. The lowest BCUT2D eigenvalue weighted by atomic mass is 9.94. The fraction of sp³-hybridized carbons (Fsp3) is 0.323. The number of benzene rings is 1. The van der Waals surface area contributed by atoms with E-state index in [9.17, 15) is 4.79 Å². The number of fused-ring (bicyclic) bond motifs is 1. The molecule has 1 aromatic carbocycles. The second-order valence-electron chi connectivity index (χ2n) is 9.89. The van der Waals surface area contributed by atoms with E-state index >= 15 is 4.39 Å². The van der Waals surface area contributed by atoms with Crippen molar-refractivity contribution < 1.29 is 9.18 Å². The van der Waals surface area contributed by atoms with Crippen LogP contribution < -0.4 is 10.6 Å². The van der Waals surface area contributed by atoms with Gasteiger partial charge < -0.3 is 20.1 Å². The molecule has 0 unspecified atom stereocenters. The monoisotopic (exact) mass is 528 g/mol. The van der Waals surface area contributed by atoms with Crippen molar-refractivity contribution in [2.75, 3.05) is 33.0 Å². The van der Waals surface area contributed by atoms with Crippen LogP contribution in [0.15, 0.2) is 54.9 Å². The number of nitrogens with one attached hydrogen (secondary N) is 2. The number of hydrogen-bond donors (Lipinski definition) is 2. The highest BCUT2D eigenvalue weighted by Gasteiger charge is 2.17. The van der Waals surface area contributed by atoms with E-state index in [4.69, 9.17) is 0 Å². The molecule has 0 atom stereocenters. The third kappa shape index (κ3) is 6.01. The van der Waals surface area contributed by atoms with Crippen LogP contribution in [0.4, 0.5) is 10.2 Å². The first-order valence-electron chi connectivity index (χ1n) is 13.2. The SMILES string of the molecule is CC/C=C(\CCNCc1cc2c(-c3ccc(NC)nc3)ccnc2n1C)c1c(C)cc(C(=O)N(C)C)cc1F. The van der Waals surface area contributed by atoms with Crippen molar-refractivity contribution in [2.45, 2.75) is 33.2 Å². The number of rotatable bonds is 10. The fourth-order valence-corrected chi connectivity index (χ4v) is 4.94. The Kier molecular flexibility index (Phi) is 8.76. The molecule has 0 spiro atoms. The average molecular weight is 529 g/mol. The first-order valence-corrected chi connectivity index (χ1v) is 13.2. The van der Waals surface area contributed by atoms with Crippen LogP contribution >= 0.6 is 0 Å². The van der Waals surface area contributed by atoms with Crippen LogP contribution in [0.25, 0.3) is 27.7 Å². The van der Waals surface area contributed by atoms with Gasteiger partial charge in [0.15, 0.2) is 0 Å². The number of amides is 1. The molecule has 0 fully saturated rings. The second kappa shape index (κ2) is 12.2. The number of anilines is 1. The van der Waals surface area contributed by atoms with E-state index in [1.165, 1.54) is 11.0 Å². The van der Waals surface area contributed by atoms with E-state index in [1.54, 1.807) is 20.2 Å². The number of allylic oxidation sites excluding steroid dienone is 1. The normalized spacial score (nSPS) is 11.7. The third-order valence-corrected chi connectivity index (χ3v) is 6.95. The maximum Gasteiger partial charge on any atom is 0.253 e. The number of carbonyl (C=O) groups excluding carboxylic acids is 1. The molecule has 1 amide bonds. The summed E-state index contributed by atoms with van der Waals surface area (Å²) >= 11 is 0. The van der Waals surface area contributed by atoms with Crippen molar-refractivity contribution in [3.63, 3.8) is 0 Å². The van der Waals surface area contributed by atoms with Gasteiger partial charge in [-0.2, -0.15) is 0 Å². The second-order valence-corrected chi connectivity index (χ2v) is 9.89. The lowest BCUT2D eigenvalue weighted by Crippen LogP contribution is -2.22. The molecule has 7 nitrogen and oxygen atoms in total. The summed E-state index contributed by atoms with van der Waals surface area (Å²) in [7, 11) is 7.22. The first kappa shape index (κ1) is 28.0. The van der Waals surface area contributed by atoms with Crippen molar-refractivity contribution in [1.82, 2.24) is 24.8 Å². The summed E-state index contributed by atoms with van der Waals surface area (Å²) < 4.78 is 17.3. The van der Waals surface area contributed by atoms with E-state index in [0.717, 1.165) is 51.2 Å². The molecule has 0 aliphatic heterocycles. The molecule has 0 saturated heterocycles. The van der Waals surface area contributed by atoms with E-state index in [0.29, 0.717) is 30.6 Å². The number of aromatic nitrogens is 3. The lowest BCUT2D eigenvalue weighted by molar-refractivity contribution is 0.0827. The van der Waals surface area contributed by atoms with E-state index < -0.39 is 0 Å². The maximum atomic E-state index is 15.2. The topological polar surface area (TPSA) is 75.1 Å². The van der Waals surface area contributed by atoms with Gasteiger partial charge in [0.25, 0.3) is 5.91 Å². The largest absolute Gasteiger partial charge is 0.373 e. The Balaban J connectivity index is 1.49. The summed E-state index contributed by atoms with van der Waals surface area (Å²) in [6, 6.07) is 11.3. The highest BCUT2D eigenvalue weighted by atomic mass is 19.1. The van der Waals surface area contributed by atoms with Gasteiger partial charge in [-0.3, -0.25) is 4.79 Å². The molecule has 0 aliphatic rings. The molecule has 8 heteroatoms. The maximum absolute atomic E-state index is 15.2. The quantitative estimate of drug-likeness (QED) is 0.255. The average Bonchev–Trinajstić information content (AvgIpc) is 3.25. The highest BCUT2D eigenvalue weighted by Crippen LogP contribution is 2.30. The molecule has 3 aromatic heterocycles. The van der Waals surface area contributed by atoms with Gasteiger partial charge >= 0.3 is 0 Å². The lowest BCUT2D eigenvalue weighted by Gasteiger charge is -2.16. The molecule has 0 radical (unpaired) electrons. The summed E-state index contributed by atoms with van der Waals surface area (Å²) in [4.78, 5) is 22.9. The van der Waals surface area contributed by atoms with Crippen molar-refractivity contribution >= 4 is 28.3 Å². The van der Waals surface area contributed by atoms with Gasteiger partial charge in [-0.1, -0.05) is 13.0 Å². The summed E-state index contributed by atoms with van der Waals surface area (Å²) in [6.07, 6.45) is 7.24. The van der Waals surface area contributed by atoms with Crippen molar-refractivity contribution in [3.05, 3.63) is 83.1 Å². The van der Waals surface area contributed by atoms with Crippen LogP contribution in [0, 0.1) is 12.7 Å². The standard InChI is InChI=1S/C31H37FN6O/c1-7-8-21(29-20(2)15-23(16-27(29)32)31(39)37(4)5)11-13-34-19-24-17-26-25(12-14-35-30(26)38(24)6)22-9-10-28(33-3)36-18-22/h8-10,12,14-18,34H,7,11,13,19H2,1-6H3,(H,33,36)/b21-8+. The predicted octanol–water partition coefficient (Wildman–Crippen LogP) is 5.80. The van der Waals surface area contributed by atoms with Gasteiger partial charge in [0, 0.05) is 74.9 Å². The van der Waals surface area contributed by atoms with E-state index in [2.05, 4.69) is 43.4 Å². The zero-order valence-corrected chi connectivity index (χ0v) is 23.6. The van der Waals surface area contributed by atoms with Crippen LogP contribution in [0.2, 0.25) is 0 Å². The third-order valence-electron chi connectivity index (χ3n) is 6.95. The summed E-state index contributed by atoms with van der Waals surface area (Å²) in [5.41, 5.74) is 6.82. The Bertz CT molecular complexity index is 1480. The zero-order valence-electron chi connectivity index (χ0n) is 23.6. The Labute approximate surface area is 229 Å².